The van der Waals surface area contributed by atoms with Gasteiger partial charge in [0, 0.05) is 9.58 Å². The summed E-state index contributed by atoms with van der Waals surface area (Å²) in [4.78, 5) is 0. The van der Waals surface area contributed by atoms with Crippen LogP contribution in [0.2, 0.25) is 0 Å². The maximum absolute atomic E-state index is 9.02. The van der Waals surface area contributed by atoms with Crippen LogP contribution in [0.5, 0.6) is 5.75 Å². The molecule has 0 heterocycles. The third kappa shape index (κ3) is 2.00. The van der Waals surface area contributed by atoms with Gasteiger partial charge in [0.25, 0.3) is 0 Å². The molecule has 1 aromatic rings. The van der Waals surface area contributed by atoms with Gasteiger partial charge in [-0.1, -0.05) is 18.2 Å². The largest absolute Gasteiger partial charge is 0.494 e. The van der Waals surface area contributed by atoms with E-state index in [1.165, 1.54) is 24.3 Å². The highest BCUT2D eigenvalue weighted by Crippen LogP contribution is 2.06. The highest BCUT2D eigenvalue weighted by Gasteiger charge is 2.15. The number of rotatable bonds is 3. The van der Waals surface area contributed by atoms with Crippen molar-refractivity contribution >= 4 is 12.6 Å². The van der Waals surface area contributed by atoms with Gasteiger partial charge in [0.15, 0.2) is 0 Å². The summed E-state index contributed by atoms with van der Waals surface area (Å²) in [6, 6.07) is 5.53. The molecule has 64 valence electrons. The van der Waals surface area contributed by atoms with E-state index in [4.69, 9.17) is 21.6 Å². The Morgan fingerprint density at radius 2 is 2.33 bits per heavy atom. The summed E-state index contributed by atoms with van der Waals surface area (Å²) in [6.07, 6.45) is 0. The molecular formula is C8H11BO3. The van der Waals surface area contributed by atoms with Gasteiger partial charge in [-0.25, -0.2) is 0 Å². The number of ether oxygens (including phenoxy) is 1. The molecule has 0 radical (unpaired) electrons. The van der Waals surface area contributed by atoms with Gasteiger partial charge in [-0.05, 0) is 12.9 Å². The normalized spacial score (nSPS) is 18.0. The van der Waals surface area contributed by atoms with E-state index in [9.17, 15) is 0 Å². The lowest BCUT2D eigenvalue weighted by atomic mass is 9.80. The third-order valence-corrected chi connectivity index (χ3v) is 1.36. The van der Waals surface area contributed by atoms with E-state index < -0.39 is 20.5 Å². The Balaban J connectivity index is 3.04. The molecule has 2 N–H and O–H groups in total. The van der Waals surface area contributed by atoms with Crippen molar-refractivity contribution in [2.75, 3.05) is 6.56 Å². The Morgan fingerprint density at radius 3 is 3.00 bits per heavy atom. The fourth-order valence-electron chi connectivity index (χ4n) is 0.842. The molecule has 1 rings (SSSR count). The van der Waals surface area contributed by atoms with E-state index in [1.54, 1.807) is 0 Å². The predicted molar refractivity (Wildman–Crippen MR) is 47.4 cm³/mol. The SMILES string of the molecule is [2H]C([2H])([2H])C([2H])([2H])Oc1ccccc1B(O)O. The van der Waals surface area contributed by atoms with E-state index in [0.29, 0.717) is 0 Å². The van der Waals surface area contributed by atoms with Crippen molar-refractivity contribution in [2.45, 2.75) is 6.85 Å². The van der Waals surface area contributed by atoms with Crippen molar-refractivity contribution in [1.82, 2.24) is 0 Å². The molecule has 0 aliphatic heterocycles. The van der Waals surface area contributed by atoms with Gasteiger partial charge in [-0.15, -0.1) is 0 Å². The molecule has 0 fully saturated rings. The molecular weight excluding hydrogens is 155 g/mol. The first-order chi connectivity index (χ1) is 7.65. The third-order valence-electron chi connectivity index (χ3n) is 1.36. The minimum atomic E-state index is -2.97. The minimum Gasteiger partial charge on any atom is -0.494 e. The van der Waals surface area contributed by atoms with Crippen LogP contribution in [0.3, 0.4) is 0 Å². The first-order valence-corrected chi connectivity index (χ1v) is 3.29. The molecule has 0 aromatic heterocycles. The van der Waals surface area contributed by atoms with E-state index in [-0.39, 0.29) is 11.2 Å². The predicted octanol–water partition coefficient (Wildman–Crippen LogP) is -0.235. The average molecular weight is 171 g/mol. The molecule has 0 atom stereocenters. The Kier molecular flexibility index (Phi) is 1.48. The quantitative estimate of drug-likeness (QED) is 0.617. The van der Waals surface area contributed by atoms with E-state index >= 15 is 0 Å². The summed E-state index contributed by atoms with van der Waals surface area (Å²) >= 11 is 0. The molecule has 0 bridgehead atoms. The van der Waals surface area contributed by atoms with Crippen LogP contribution >= 0.6 is 0 Å². The van der Waals surface area contributed by atoms with Gasteiger partial charge >= 0.3 is 7.12 Å². The monoisotopic (exact) mass is 171 g/mol. The van der Waals surface area contributed by atoms with Crippen LogP contribution in [0.1, 0.15) is 13.7 Å². The summed E-state index contributed by atoms with van der Waals surface area (Å²) in [6.45, 7) is -5.88. The summed E-state index contributed by atoms with van der Waals surface area (Å²) in [5.41, 5.74) is -0.0966. The van der Waals surface area contributed by atoms with Gasteiger partial charge < -0.3 is 14.8 Å². The van der Waals surface area contributed by atoms with Gasteiger partial charge in [0.1, 0.15) is 5.75 Å². The molecule has 4 heteroatoms. The van der Waals surface area contributed by atoms with Gasteiger partial charge in [-0.2, -0.15) is 0 Å². The van der Waals surface area contributed by atoms with Crippen LogP contribution in [0.25, 0.3) is 0 Å². The smallest absolute Gasteiger partial charge is 0.492 e. The lowest BCUT2D eigenvalue weighted by Gasteiger charge is -2.07. The van der Waals surface area contributed by atoms with Gasteiger partial charge in [0.2, 0.25) is 0 Å². The first kappa shape index (κ1) is 4.30. The van der Waals surface area contributed by atoms with Crippen molar-refractivity contribution in [2.24, 2.45) is 0 Å². The van der Waals surface area contributed by atoms with Gasteiger partial charge in [-0.3, -0.25) is 0 Å². The van der Waals surface area contributed by atoms with Crippen LogP contribution in [0, 0.1) is 0 Å². The molecule has 1 aromatic carbocycles. The highest BCUT2D eigenvalue weighted by atomic mass is 16.5. The number of benzene rings is 1. The van der Waals surface area contributed by atoms with E-state index in [0.717, 1.165) is 0 Å². The standard InChI is InChI=1S/C8H11BO3/c1-2-12-8-6-4-3-5-7(8)9(10)11/h3-6,10-11H,2H2,1H3/i1D3,2D2. The second kappa shape index (κ2) is 4.14. The fraction of sp³-hybridized carbons (Fsp3) is 0.250. The lowest BCUT2D eigenvalue weighted by Crippen LogP contribution is -2.31. The Hall–Kier alpha value is -0.995. The van der Waals surface area contributed by atoms with Gasteiger partial charge in [0.05, 0.1) is 9.30 Å². The Bertz CT molecular complexity index is 393. The Labute approximate surface area is 78.8 Å². The van der Waals surface area contributed by atoms with Crippen LogP contribution in [-0.2, 0) is 0 Å². The summed E-state index contributed by atoms with van der Waals surface area (Å²) in [5.74, 6) is -0.219. The summed E-state index contributed by atoms with van der Waals surface area (Å²) in [5, 5.41) is 18.0. The minimum absolute atomic E-state index is 0.0966. The van der Waals surface area contributed by atoms with Crippen LogP contribution in [0.15, 0.2) is 24.3 Å². The van der Waals surface area contributed by atoms with Crippen LogP contribution in [0.4, 0.5) is 0 Å². The van der Waals surface area contributed by atoms with E-state index in [2.05, 4.69) is 0 Å². The van der Waals surface area contributed by atoms with Crippen LogP contribution < -0.4 is 10.2 Å². The zero-order chi connectivity index (χ0) is 13.3. The molecule has 12 heavy (non-hydrogen) atoms. The van der Waals surface area contributed by atoms with Crippen molar-refractivity contribution in [3.8, 4) is 5.75 Å². The van der Waals surface area contributed by atoms with Crippen molar-refractivity contribution in [3.05, 3.63) is 24.3 Å². The summed E-state index contributed by atoms with van der Waals surface area (Å²) < 4.78 is 40.2. The lowest BCUT2D eigenvalue weighted by molar-refractivity contribution is 0.340. The van der Waals surface area contributed by atoms with Crippen LogP contribution in [-0.4, -0.2) is 23.7 Å². The zero-order valence-electron chi connectivity index (χ0n) is 11.2. The molecule has 0 amide bonds. The molecule has 0 saturated heterocycles. The number of hydrogen-bond acceptors (Lipinski definition) is 3. The molecule has 0 unspecified atom stereocenters. The molecule has 3 nitrogen and oxygen atoms in total. The van der Waals surface area contributed by atoms with Crippen molar-refractivity contribution in [1.29, 1.82) is 0 Å². The van der Waals surface area contributed by atoms with E-state index in [1.807, 2.05) is 0 Å². The molecule has 0 spiro atoms. The fourth-order valence-corrected chi connectivity index (χ4v) is 0.842. The highest BCUT2D eigenvalue weighted by molar-refractivity contribution is 6.59. The molecule has 0 aliphatic carbocycles. The maximum Gasteiger partial charge on any atom is 0.492 e. The maximum atomic E-state index is 9.02. The first-order valence-electron chi connectivity index (χ1n) is 5.79. The summed E-state index contributed by atoms with van der Waals surface area (Å²) in [7, 11) is -1.86. The molecule has 0 saturated carbocycles. The zero-order valence-corrected chi connectivity index (χ0v) is 6.19. The topological polar surface area (TPSA) is 49.7 Å². The van der Waals surface area contributed by atoms with Crippen molar-refractivity contribution < 1.29 is 21.6 Å². The average Bonchev–Trinajstić information content (AvgIpc) is 2.15. The Morgan fingerprint density at radius 1 is 1.58 bits per heavy atom. The second-order valence-corrected chi connectivity index (χ2v) is 2.12. The molecule has 0 aliphatic rings. The second-order valence-electron chi connectivity index (χ2n) is 2.12. The van der Waals surface area contributed by atoms with Crippen molar-refractivity contribution in [3.63, 3.8) is 0 Å². The number of hydrogen-bond donors (Lipinski definition) is 2. The number of para-hydroxylation sites is 1.